The van der Waals surface area contributed by atoms with Gasteiger partial charge in [0.15, 0.2) is 11.5 Å². The fourth-order valence-electron chi connectivity index (χ4n) is 5.72. The molecule has 2 aromatic heterocycles. The third kappa shape index (κ3) is 7.11. The van der Waals surface area contributed by atoms with Crippen LogP contribution in [0, 0.1) is 11.3 Å². The number of aromatic nitrogens is 1. The maximum Gasteiger partial charge on any atom is 0.422 e. The molecule has 0 saturated carbocycles. The van der Waals surface area contributed by atoms with Crippen molar-refractivity contribution in [3.8, 4) is 17.6 Å². The van der Waals surface area contributed by atoms with Crippen LogP contribution in [0.2, 0.25) is 0 Å². The number of hydrogen-bond acceptors (Lipinski definition) is 8. The van der Waals surface area contributed by atoms with Gasteiger partial charge in [0.2, 0.25) is 5.60 Å². The molecule has 5 rings (SSSR count). The zero-order chi connectivity index (χ0) is 32.2. The average molecular weight is 642 g/mol. The van der Waals surface area contributed by atoms with Gasteiger partial charge < -0.3 is 23.9 Å². The summed E-state index contributed by atoms with van der Waals surface area (Å²) in [5, 5.41) is 25.0. The van der Waals surface area contributed by atoms with E-state index in [4.69, 9.17) is 14.2 Å². The molecule has 0 bridgehead atoms. The molecule has 45 heavy (non-hydrogen) atoms. The molecule has 1 atom stereocenters. The van der Waals surface area contributed by atoms with Gasteiger partial charge in [0.05, 0.1) is 37.3 Å². The van der Waals surface area contributed by atoms with Crippen LogP contribution in [-0.2, 0) is 28.1 Å². The first-order valence-electron chi connectivity index (χ1n) is 14.6. The predicted molar refractivity (Wildman–Crippen MR) is 163 cm³/mol. The molecular weight excluding hydrogens is 607 g/mol. The Bertz CT molecular complexity index is 1670. The second-order valence-corrected chi connectivity index (χ2v) is 11.8. The Hall–Kier alpha value is -4.05. The van der Waals surface area contributed by atoms with E-state index in [-0.39, 0.29) is 49.1 Å². The van der Waals surface area contributed by atoms with Crippen LogP contribution in [0.25, 0.3) is 10.9 Å². The van der Waals surface area contributed by atoms with Crippen LogP contribution < -0.4 is 9.47 Å². The predicted octanol–water partition coefficient (Wildman–Crippen LogP) is 6.03. The molecule has 1 unspecified atom stereocenters. The normalized spacial score (nSPS) is 15.8. The number of carbonyl (C=O) groups is 1. The first-order valence-corrected chi connectivity index (χ1v) is 15.5. The number of aliphatic hydroxyl groups is 1. The Morgan fingerprint density at radius 3 is 2.53 bits per heavy atom. The summed E-state index contributed by atoms with van der Waals surface area (Å²) in [6.45, 7) is 2.24. The molecule has 8 nitrogen and oxygen atoms in total. The van der Waals surface area contributed by atoms with Gasteiger partial charge in [-0.3, -0.25) is 9.69 Å². The second kappa shape index (κ2) is 13.5. The van der Waals surface area contributed by atoms with Crippen molar-refractivity contribution in [3.05, 3.63) is 81.7 Å². The first kappa shape index (κ1) is 32.3. The van der Waals surface area contributed by atoms with Crippen LogP contribution in [0.4, 0.5) is 13.2 Å². The number of alkyl halides is 3. The Balaban J connectivity index is 1.32. The number of thiophene rings is 1. The monoisotopic (exact) mass is 641 g/mol. The van der Waals surface area contributed by atoms with E-state index in [1.165, 1.54) is 36.8 Å². The van der Waals surface area contributed by atoms with Gasteiger partial charge in [0.1, 0.15) is 6.10 Å². The van der Waals surface area contributed by atoms with E-state index in [9.17, 15) is 28.3 Å². The van der Waals surface area contributed by atoms with Gasteiger partial charge in [-0.25, -0.2) is 0 Å². The lowest BCUT2D eigenvalue weighted by atomic mass is 9.90. The molecule has 1 N–H and O–H groups in total. The zero-order valence-electron chi connectivity index (χ0n) is 25.0. The number of piperidine rings is 1. The lowest BCUT2D eigenvalue weighted by Gasteiger charge is -2.39. The summed E-state index contributed by atoms with van der Waals surface area (Å²) in [5.41, 5.74) is -0.997. The molecule has 1 aliphatic heterocycles. The number of methoxy groups -OCH3 is 1. The summed E-state index contributed by atoms with van der Waals surface area (Å²) in [6, 6.07) is 13.6. The van der Waals surface area contributed by atoms with Crippen molar-refractivity contribution >= 4 is 28.2 Å². The first-order chi connectivity index (χ1) is 21.5. The molecule has 1 fully saturated rings. The fraction of sp³-hybridized carbons (Fsp3) is 0.394. The van der Waals surface area contributed by atoms with E-state index < -0.39 is 18.3 Å². The number of ether oxygens (including phenoxy) is 3. The summed E-state index contributed by atoms with van der Waals surface area (Å²) in [7, 11) is 1.50. The SMILES string of the molecule is CCOC(=O)Cc1ccc(OC2CCN(CC(O)(c3cn(Cc4ccsc4)c4cc(C#N)ccc34)C(F)(F)F)CC2)c(OC)c1. The van der Waals surface area contributed by atoms with Gasteiger partial charge in [-0.15, -0.1) is 0 Å². The highest BCUT2D eigenvalue weighted by Gasteiger charge is 2.57. The van der Waals surface area contributed by atoms with Crippen LogP contribution in [0.1, 0.15) is 42.0 Å². The minimum atomic E-state index is -4.96. The number of likely N-dealkylation sites (tertiary alicyclic amines) is 1. The van der Waals surface area contributed by atoms with Gasteiger partial charge in [-0.1, -0.05) is 12.1 Å². The molecule has 12 heteroatoms. The highest BCUT2D eigenvalue weighted by Crippen LogP contribution is 2.44. The van der Waals surface area contributed by atoms with Crippen molar-refractivity contribution in [2.75, 3.05) is 33.4 Å². The Kier molecular flexibility index (Phi) is 9.72. The lowest BCUT2D eigenvalue weighted by molar-refractivity contribution is -0.272. The van der Waals surface area contributed by atoms with E-state index in [0.717, 1.165) is 5.56 Å². The Morgan fingerprint density at radius 1 is 1.11 bits per heavy atom. The summed E-state index contributed by atoms with van der Waals surface area (Å²) < 4.78 is 62.7. The summed E-state index contributed by atoms with van der Waals surface area (Å²) >= 11 is 1.48. The zero-order valence-corrected chi connectivity index (χ0v) is 25.8. The van der Waals surface area contributed by atoms with Crippen LogP contribution in [0.15, 0.2) is 59.4 Å². The van der Waals surface area contributed by atoms with E-state index in [2.05, 4.69) is 0 Å². The molecule has 0 aliphatic carbocycles. The van der Waals surface area contributed by atoms with Crippen molar-refractivity contribution in [1.82, 2.24) is 9.47 Å². The molecule has 1 saturated heterocycles. The lowest BCUT2D eigenvalue weighted by Crippen LogP contribution is -2.53. The summed E-state index contributed by atoms with van der Waals surface area (Å²) in [4.78, 5) is 13.5. The molecule has 238 valence electrons. The number of rotatable bonds is 11. The van der Waals surface area contributed by atoms with Crippen molar-refractivity contribution in [3.63, 3.8) is 0 Å². The number of halogens is 3. The number of hydrogen-bond donors (Lipinski definition) is 1. The van der Waals surface area contributed by atoms with Gasteiger partial charge in [0, 0.05) is 43.3 Å². The highest BCUT2D eigenvalue weighted by molar-refractivity contribution is 7.07. The van der Waals surface area contributed by atoms with Crippen molar-refractivity contribution < 1.29 is 37.3 Å². The van der Waals surface area contributed by atoms with E-state index in [1.807, 2.05) is 22.9 Å². The standard InChI is InChI=1S/C33H34F3N3O5S/c1-3-43-31(40)16-22-5-7-29(30(15-22)42-2)44-25-8-11-38(12-9-25)21-32(41,33(34,35)36)27-19-39(18-24-10-13-45-20-24)28-14-23(17-37)4-6-26(27)28/h4-7,10,13-15,19-20,25,41H,3,8-9,11-12,16,18,21H2,1-2H3. The van der Waals surface area contributed by atoms with Gasteiger partial charge in [-0.05, 0) is 72.0 Å². The molecule has 0 amide bonds. The third-order valence-corrected chi connectivity index (χ3v) is 8.75. The van der Waals surface area contributed by atoms with Crippen LogP contribution in [-0.4, -0.2) is 66.2 Å². The molecule has 0 radical (unpaired) electrons. The van der Waals surface area contributed by atoms with Gasteiger partial charge >= 0.3 is 12.1 Å². The summed E-state index contributed by atoms with van der Waals surface area (Å²) in [6.07, 6.45) is -2.90. The Morgan fingerprint density at radius 2 is 1.89 bits per heavy atom. The van der Waals surface area contributed by atoms with Crippen molar-refractivity contribution in [2.45, 2.75) is 50.6 Å². The molecule has 4 aromatic rings. The number of β-amino-alcohol motifs (C(OH)–C–C–N with tert-alkyl or cyclic N) is 1. The maximum atomic E-state index is 14.8. The number of nitrogens with zero attached hydrogens (tertiary/aromatic N) is 3. The quantitative estimate of drug-likeness (QED) is 0.200. The molecule has 3 heterocycles. The van der Waals surface area contributed by atoms with Crippen molar-refractivity contribution in [2.24, 2.45) is 0 Å². The smallest absolute Gasteiger partial charge is 0.422 e. The number of fused-ring (bicyclic) bond motifs is 1. The number of benzene rings is 2. The number of carbonyl (C=O) groups excluding carboxylic acids is 1. The average Bonchev–Trinajstić information content (AvgIpc) is 3.66. The minimum absolute atomic E-state index is 0.0944. The van der Waals surface area contributed by atoms with E-state index in [0.29, 0.717) is 47.5 Å². The van der Waals surface area contributed by atoms with Crippen LogP contribution in [0.3, 0.4) is 0 Å². The van der Waals surface area contributed by atoms with E-state index in [1.54, 1.807) is 40.7 Å². The molecule has 2 aromatic carbocycles. The molecule has 1 aliphatic rings. The maximum absolute atomic E-state index is 14.8. The second-order valence-electron chi connectivity index (χ2n) is 11.1. The Labute approximate surface area is 263 Å². The minimum Gasteiger partial charge on any atom is -0.493 e. The topological polar surface area (TPSA) is 97.0 Å². The summed E-state index contributed by atoms with van der Waals surface area (Å²) in [5.74, 6) is 0.577. The fourth-order valence-corrected chi connectivity index (χ4v) is 6.37. The van der Waals surface area contributed by atoms with Crippen LogP contribution >= 0.6 is 11.3 Å². The largest absolute Gasteiger partial charge is 0.493 e. The highest BCUT2D eigenvalue weighted by atomic mass is 32.1. The molecular formula is C33H34F3N3O5S. The number of esters is 1. The van der Waals surface area contributed by atoms with E-state index >= 15 is 0 Å². The van der Waals surface area contributed by atoms with Crippen molar-refractivity contribution in [1.29, 1.82) is 5.26 Å². The van der Waals surface area contributed by atoms with Gasteiger partial charge in [-0.2, -0.15) is 29.8 Å². The third-order valence-electron chi connectivity index (χ3n) is 8.02. The number of nitriles is 1. The van der Waals surface area contributed by atoms with Crippen LogP contribution in [0.5, 0.6) is 11.5 Å². The van der Waals surface area contributed by atoms with Gasteiger partial charge in [0.25, 0.3) is 0 Å². The molecule has 0 spiro atoms.